The molecule has 11 heteroatoms. The second-order valence-electron chi connectivity index (χ2n) is 9.56. The number of hydrazine groups is 1. The third kappa shape index (κ3) is 6.73. The predicted octanol–water partition coefficient (Wildman–Crippen LogP) is 2.72. The van der Waals surface area contributed by atoms with Gasteiger partial charge in [-0.05, 0) is 35.6 Å². The van der Waals surface area contributed by atoms with E-state index < -0.39 is 0 Å². The number of nitrogens with one attached hydrogen (secondary N) is 2. The number of carbonyl (C=O) groups excluding carboxylic acids is 2. The van der Waals surface area contributed by atoms with Crippen molar-refractivity contribution in [2.75, 3.05) is 38.1 Å². The minimum atomic E-state index is -0.149. The van der Waals surface area contributed by atoms with Crippen LogP contribution in [-0.4, -0.2) is 71.2 Å². The zero-order valence-electron chi connectivity index (χ0n) is 22.1. The largest absolute Gasteiger partial charge is 0.353 e. The van der Waals surface area contributed by atoms with Crippen LogP contribution in [0, 0.1) is 13.8 Å². The van der Waals surface area contributed by atoms with Crippen molar-refractivity contribution >= 4 is 28.8 Å². The smallest absolute Gasteiger partial charge is 0.256 e. The molecule has 2 amide bonds. The van der Waals surface area contributed by atoms with Gasteiger partial charge in [0.25, 0.3) is 5.91 Å². The van der Waals surface area contributed by atoms with Crippen molar-refractivity contribution in [2.45, 2.75) is 46.8 Å². The van der Waals surface area contributed by atoms with Crippen LogP contribution in [0.1, 0.15) is 35.7 Å². The quantitative estimate of drug-likeness (QED) is 0.368. The summed E-state index contributed by atoms with van der Waals surface area (Å²) >= 11 is 1.71. The van der Waals surface area contributed by atoms with E-state index in [1.165, 1.54) is 10.4 Å². The molecule has 3 aromatic rings. The summed E-state index contributed by atoms with van der Waals surface area (Å²) < 4.78 is 5.15. The molecule has 1 aliphatic heterocycles. The molecule has 0 aliphatic carbocycles. The van der Waals surface area contributed by atoms with Gasteiger partial charge in [0.2, 0.25) is 17.6 Å². The number of anilines is 1. The van der Waals surface area contributed by atoms with Crippen LogP contribution < -0.4 is 15.5 Å². The molecular weight excluding hydrogens is 490 g/mol. The van der Waals surface area contributed by atoms with Crippen LogP contribution in [0.5, 0.6) is 0 Å². The van der Waals surface area contributed by atoms with Crippen molar-refractivity contribution in [3.63, 3.8) is 0 Å². The number of nitrogens with zero attached hydrogens (tertiary/aromatic N) is 5. The van der Waals surface area contributed by atoms with Gasteiger partial charge < -0.3 is 20.1 Å². The van der Waals surface area contributed by atoms with Crippen LogP contribution in [0.3, 0.4) is 0 Å². The van der Waals surface area contributed by atoms with Gasteiger partial charge in [-0.1, -0.05) is 31.1 Å². The summed E-state index contributed by atoms with van der Waals surface area (Å²) in [5.74, 6) is 0.697. The summed E-state index contributed by atoms with van der Waals surface area (Å²) in [7, 11) is 1.79. The van der Waals surface area contributed by atoms with E-state index in [0.29, 0.717) is 43.9 Å². The maximum Gasteiger partial charge on any atom is 0.256 e. The first kappa shape index (κ1) is 26.8. The van der Waals surface area contributed by atoms with Crippen molar-refractivity contribution in [3.05, 3.63) is 51.5 Å². The zero-order chi connectivity index (χ0) is 26.5. The standard InChI is InChI=1S/C26H35N7O3S/c1-17(2)27-9-10-28-24(34)15-32(16-25(35)31(5)33-13-21-8-11-37-23(21)14-33)22-12-20(7-6-18(22)3)26-29-19(4)36-30-26/h6-8,11-12,17,27H,9-10,13-16H2,1-5H3,(H,28,34). The summed E-state index contributed by atoms with van der Waals surface area (Å²) in [4.78, 5) is 33.8. The lowest BCUT2D eigenvalue weighted by molar-refractivity contribution is -0.145. The number of hydrogen-bond donors (Lipinski definition) is 2. The summed E-state index contributed by atoms with van der Waals surface area (Å²) in [6.45, 7) is 10.5. The number of likely N-dealkylation sites (N-methyl/N-ethyl adjacent to an activating group) is 1. The highest BCUT2D eigenvalue weighted by Crippen LogP contribution is 2.29. The molecule has 0 spiro atoms. The molecule has 0 fully saturated rings. The van der Waals surface area contributed by atoms with Crippen molar-refractivity contribution in [3.8, 4) is 11.4 Å². The van der Waals surface area contributed by atoms with Gasteiger partial charge in [-0.15, -0.1) is 11.3 Å². The number of benzene rings is 1. The van der Waals surface area contributed by atoms with Gasteiger partial charge >= 0.3 is 0 Å². The Morgan fingerprint density at radius 2 is 1.97 bits per heavy atom. The first-order valence-corrected chi connectivity index (χ1v) is 13.3. The van der Waals surface area contributed by atoms with Gasteiger partial charge in [0.05, 0.1) is 19.6 Å². The summed E-state index contributed by atoms with van der Waals surface area (Å²) in [5.41, 5.74) is 3.73. The van der Waals surface area contributed by atoms with E-state index in [2.05, 4.69) is 46.1 Å². The molecule has 3 heterocycles. The zero-order valence-corrected chi connectivity index (χ0v) is 22.9. The minimum Gasteiger partial charge on any atom is -0.353 e. The topological polar surface area (TPSA) is 107 Å². The molecule has 4 rings (SSSR count). The Labute approximate surface area is 221 Å². The van der Waals surface area contributed by atoms with Crippen LogP contribution in [0.2, 0.25) is 0 Å². The SMILES string of the molecule is Cc1nc(-c2ccc(C)c(N(CC(=O)NCCNC(C)C)CC(=O)N(C)N3Cc4ccsc4C3)c2)no1. The van der Waals surface area contributed by atoms with E-state index in [0.717, 1.165) is 16.8 Å². The van der Waals surface area contributed by atoms with Gasteiger partial charge in [0.15, 0.2) is 0 Å². The Kier molecular flexibility index (Phi) is 8.57. The average Bonchev–Trinajstić information content (AvgIpc) is 3.58. The normalized spacial score (nSPS) is 13.1. The molecule has 0 saturated carbocycles. The molecule has 0 atom stereocenters. The fraction of sp³-hybridized carbons (Fsp3) is 0.462. The van der Waals surface area contributed by atoms with Gasteiger partial charge in [-0.25, -0.2) is 5.01 Å². The summed E-state index contributed by atoms with van der Waals surface area (Å²) in [6.07, 6.45) is 0. The number of thiophene rings is 1. The molecule has 0 saturated heterocycles. The number of hydrogen-bond acceptors (Lipinski definition) is 9. The number of aromatic nitrogens is 2. The maximum absolute atomic E-state index is 13.4. The Hall–Kier alpha value is -3.28. The first-order valence-electron chi connectivity index (χ1n) is 12.4. The van der Waals surface area contributed by atoms with Crippen molar-refractivity contribution < 1.29 is 14.1 Å². The van der Waals surface area contributed by atoms with Crippen LogP contribution in [-0.2, 0) is 22.7 Å². The summed E-state index contributed by atoms with van der Waals surface area (Å²) in [6, 6.07) is 8.22. The molecule has 1 aliphatic rings. The number of rotatable bonds is 11. The van der Waals surface area contributed by atoms with Crippen molar-refractivity contribution in [1.29, 1.82) is 0 Å². The highest BCUT2D eigenvalue weighted by Gasteiger charge is 2.28. The number of carbonyl (C=O) groups is 2. The molecule has 2 N–H and O–H groups in total. The highest BCUT2D eigenvalue weighted by atomic mass is 32.1. The molecule has 1 aromatic carbocycles. The molecular formula is C26H35N7O3S. The van der Waals surface area contributed by atoms with Crippen molar-refractivity contribution in [2.24, 2.45) is 0 Å². The molecule has 2 aromatic heterocycles. The van der Waals surface area contributed by atoms with Crippen LogP contribution in [0.25, 0.3) is 11.4 Å². The number of amides is 2. The lowest BCUT2D eigenvalue weighted by Gasteiger charge is -2.32. The van der Waals surface area contributed by atoms with E-state index >= 15 is 0 Å². The predicted molar refractivity (Wildman–Crippen MR) is 144 cm³/mol. The Balaban J connectivity index is 1.51. The lowest BCUT2D eigenvalue weighted by Crippen LogP contribution is -2.48. The maximum atomic E-state index is 13.4. The first-order chi connectivity index (χ1) is 17.7. The fourth-order valence-electron chi connectivity index (χ4n) is 4.22. The van der Waals surface area contributed by atoms with E-state index in [4.69, 9.17) is 4.52 Å². The Morgan fingerprint density at radius 3 is 2.68 bits per heavy atom. The Bertz CT molecular complexity index is 1220. The molecule has 37 heavy (non-hydrogen) atoms. The molecule has 0 bridgehead atoms. The molecule has 0 unspecified atom stereocenters. The highest BCUT2D eigenvalue weighted by molar-refractivity contribution is 7.10. The molecule has 10 nitrogen and oxygen atoms in total. The Morgan fingerprint density at radius 1 is 1.16 bits per heavy atom. The minimum absolute atomic E-state index is 0.0458. The van der Waals surface area contributed by atoms with Gasteiger partial charge in [-0.2, -0.15) is 4.98 Å². The van der Waals surface area contributed by atoms with Crippen LogP contribution in [0.4, 0.5) is 5.69 Å². The second kappa shape index (κ2) is 11.8. The number of aryl methyl sites for hydroxylation is 2. The van der Waals surface area contributed by atoms with Crippen LogP contribution in [0.15, 0.2) is 34.2 Å². The van der Waals surface area contributed by atoms with Crippen molar-refractivity contribution in [1.82, 2.24) is 30.8 Å². The van der Waals surface area contributed by atoms with E-state index in [1.54, 1.807) is 30.3 Å². The third-order valence-electron chi connectivity index (χ3n) is 6.30. The average molecular weight is 526 g/mol. The van der Waals surface area contributed by atoms with E-state index in [1.807, 2.05) is 35.0 Å². The van der Waals surface area contributed by atoms with Gasteiger partial charge in [0, 0.05) is 55.8 Å². The number of fused-ring (bicyclic) bond motifs is 1. The third-order valence-corrected chi connectivity index (χ3v) is 7.25. The lowest BCUT2D eigenvalue weighted by atomic mass is 10.1. The van der Waals surface area contributed by atoms with E-state index in [-0.39, 0.29) is 24.9 Å². The van der Waals surface area contributed by atoms with Gasteiger partial charge in [-0.3, -0.25) is 14.6 Å². The van der Waals surface area contributed by atoms with Gasteiger partial charge in [0.1, 0.15) is 0 Å². The molecule has 198 valence electrons. The van der Waals surface area contributed by atoms with Crippen LogP contribution >= 0.6 is 11.3 Å². The summed E-state index contributed by atoms with van der Waals surface area (Å²) in [5, 5.41) is 16.1. The molecule has 0 radical (unpaired) electrons. The van der Waals surface area contributed by atoms with E-state index in [9.17, 15) is 9.59 Å². The monoisotopic (exact) mass is 525 g/mol. The second-order valence-corrected chi connectivity index (χ2v) is 10.6. The fourth-order valence-corrected chi connectivity index (χ4v) is 5.13.